The molecule has 0 bridgehead atoms. The largest absolute Gasteiger partial charge is 0.457 e. The second-order valence-electron chi connectivity index (χ2n) is 3.33. The van der Waals surface area contributed by atoms with E-state index in [0.29, 0.717) is 0 Å². The molecule has 0 radical (unpaired) electrons. The zero-order valence-corrected chi connectivity index (χ0v) is 10.3. The van der Waals surface area contributed by atoms with Gasteiger partial charge in [0.2, 0.25) is 0 Å². The third-order valence-corrected chi connectivity index (χ3v) is 2.69. The zero-order chi connectivity index (χ0) is 11.4. The molecule has 0 saturated carbocycles. The van der Waals surface area contributed by atoms with Crippen LogP contribution in [-0.2, 0) is 0 Å². The topological polar surface area (TPSA) is 9.23 Å². The van der Waals surface area contributed by atoms with E-state index in [-0.39, 0.29) is 0 Å². The first kappa shape index (κ1) is 11.0. The first-order chi connectivity index (χ1) is 7.78. The van der Waals surface area contributed by atoms with Crippen LogP contribution in [0, 0.1) is 0 Å². The molecule has 0 amide bonds. The van der Waals surface area contributed by atoms with Crippen LogP contribution in [0.1, 0.15) is 5.56 Å². The Morgan fingerprint density at radius 1 is 0.875 bits per heavy atom. The van der Waals surface area contributed by atoms with Gasteiger partial charge in [0, 0.05) is 4.47 Å². The van der Waals surface area contributed by atoms with Crippen molar-refractivity contribution >= 4 is 22.0 Å². The molecule has 2 heteroatoms. The van der Waals surface area contributed by atoms with Crippen LogP contribution in [0.3, 0.4) is 0 Å². The highest BCUT2D eigenvalue weighted by atomic mass is 79.9. The molecule has 0 fully saturated rings. The van der Waals surface area contributed by atoms with Gasteiger partial charge in [0.15, 0.2) is 0 Å². The van der Waals surface area contributed by atoms with E-state index >= 15 is 0 Å². The fourth-order valence-electron chi connectivity index (χ4n) is 1.31. The maximum absolute atomic E-state index is 5.68. The average Bonchev–Trinajstić information content (AvgIpc) is 2.33. The molecule has 2 aromatic rings. The number of hydrogen-bond donors (Lipinski definition) is 0. The highest BCUT2D eigenvalue weighted by molar-refractivity contribution is 9.10. The maximum atomic E-state index is 5.68. The minimum absolute atomic E-state index is 0.827. The molecular weight excluding hydrogens is 264 g/mol. The highest BCUT2D eigenvalue weighted by Crippen LogP contribution is 2.23. The highest BCUT2D eigenvalue weighted by Gasteiger charge is 1.96. The quantitative estimate of drug-likeness (QED) is 0.775. The van der Waals surface area contributed by atoms with Gasteiger partial charge in [-0.25, -0.2) is 0 Å². The molecule has 0 atom stereocenters. The molecule has 2 aromatic carbocycles. The van der Waals surface area contributed by atoms with Crippen LogP contribution in [0.15, 0.2) is 59.6 Å². The SMILES string of the molecule is C=Cc1ccc(Oc2ccc(Br)cc2)cc1. The van der Waals surface area contributed by atoms with E-state index in [1.54, 1.807) is 0 Å². The predicted octanol–water partition coefficient (Wildman–Crippen LogP) is 4.88. The fraction of sp³-hybridized carbons (Fsp3) is 0. The molecule has 1 nitrogen and oxygen atoms in total. The molecule has 0 heterocycles. The number of ether oxygens (including phenoxy) is 1. The fourth-order valence-corrected chi connectivity index (χ4v) is 1.58. The van der Waals surface area contributed by atoms with Gasteiger partial charge in [-0.15, -0.1) is 0 Å². The molecule has 0 N–H and O–H groups in total. The van der Waals surface area contributed by atoms with Gasteiger partial charge in [-0.2, -0.15) is 0 Å². The van der Waals surface area contributed by atoms with Crippen molar-refractivity contribution in [2.45, 2.75) is 0 Å². The zero-order valence-electron chi connectivity index (χ0n) is 8.69. The van der Waals surface area contributed by atoms with Crippen LogP contribution >= 0.6 is 15.9 Å². The molecule has 0 aliphatic carbocycles. The van der Waals surface area contributed by atoms with Gasteiger partial charge in [0.05, 0.1) is 0 Å². The summed E-state index contributed by atoms with van der Waals surface area (Å²) in [6, 6.07) is 15.6. The van der Waals surface area contributed by atoms with Crippen LogP contribution in [0.25, 0.3) is 6.08 Å². The van der Waals surface area contributed by atoms with E-state index in [0.717, 1.165) is 21.5 Å². The van der Waals surface area contributed by atoms with E-state index in [4.69, 9.17) is 4.74 Å². The average molecular weight is 275 g/mol. The lowest BCUT2D eigenvalue weighted by atomic mass is 10.2. The molecule has 16 heavy (non-hydrogen) atoms. The Balaban J connectivity index is 2.14. The van der Waals surface area contributed by atoms with E-state index < -0.39 is 0 Å². The minimum Gasteiger partial charge on any atom is -0.457 e. The number of hydrogen-bond acceptors (Lipinski definition) is 1. The van der Waals surface area contributed by atoms with Crippen LogP contribution < -0.4 is 4.74 Å². The maximum Gasteiger partial charge on any atom is 0.127 e. The smallest absolute Gasteiger partial charge is 0.127 e. The van der Waals surface area contributed by atoms with Gasteiger partial charge in [-0.05, 0) is 42.0 Å². The van der Waals surface area contributed by atoms with Gasteiger partial charge in [-0.1, -0.05) is 40.7 Å². The Kier molecular flexibility index (Phi) is 3.42. The van der Waals surface area contributed by atoms with Crippen molar-refractivity contribution in [3.05, 3.63) is 65.1 Å². The van der Waals surface area contributed by atoms with Gasteiger partial charge >= 0.3 is 0 Å². The predicted molar refractivity (Wildman–Crippen MR) is 70.7 cm³/mol. The molecule has 0 spiro atoms. The van der Waals surface area contributed by atoms with Crippen LogP contribution in [0.2, 0.25) is 0 Å². The van der Waals surface area contributed by atoms with Crippen molar-refractivity contribution < 1.29 is 4.74 Å². The summed E-state index contributed by atoms with van der Waals surface area (Å²) in [4.78, 5) is 0. The summed E-state index contributed by atoms with van der Waals surface area (Å²) in [6.45, 7) is 3.71. The Labute approximate surface area is 104 Å². The Bertz CT molecular complexity index is 471. The van der Waals surface area contributed by atoms with Gasteiger partial charge in [0.25, 0.3) is 0 Å². The van der Waals surface area contributed by atoms with E-state index in [2.05, 4.69) is 22.5 Å². The lowest BCUT2D eigenvalue weighted by molar-refractivity contribution is 0.482. The summed E-state index contributed by atoms with van der Waals surface area (Å²) in [5.41, 5.74) is 1.09. The summed E-state index contributed by atoms with van der Waals surface area (Å²) >= 11 is 3.38. The Hall–Kier alpha value is -1.54. The van der Waals surface area contributed by atoms with Crippen molar-refractivity contribution in [1.82, 2.24) is 0 Å². The molecule has 0 unspecified atom stereocenters. The molecule has 0 aliphatic heterocycles. The third kappa shape index (κ3) is 2.74. The summed E-state index contributed by atoms with van der Waals surface area (Å²) in [6.07, 6.45) is 1.81. The molecule has 0 aromatic heterocycles. The summed E-state index contributed by atoms with van der Waals surface area (Å²) < 4.78 is 6.72. The molecular formula is C14H11BrO. The second kappa shape index (κ2) is 4.99. The van der Waals surface area contributed by atoms with Crippen molar-refractivity contribution in [1.29, 1.82) is 0 Å². The summed E-state index contributed by atoms with van der Waals surface area (Å²) in [5.74, 6) is 1.66. The van der Waals surface area contributed by atoms with Crippen LogP contribution in [0.4, 0.5) is 0 Å². The Morgan fingerprint density at radius 3 is 1.88 bits per heavy atom. The van der Waals surface area contributed by atoms with Crippen molar-refractivity contribution in [3.8, 4) is 11.5 Å². The second-order valence-corrected chi connectivity index (χ2v) is 4.24. The van der Waals surface area contributed by atoms with Gasteiger partial charge in [-0.3, -0.25) is 0 Å². The monoisotopic (exact) mass is 274 g/mol. The minimum atomic E-state index is 0.827. The third-order valence-electron chi connectivity index (χ3n) is 2.17. The molecule has 2 rings (SSSR count). The number of rotatable bonds is 3. The lowest BCUT2D eigenvalue weighted by Gasteiger charge is -2.05. The number of benzene rings is 2. The summed E-state index contributed by atoms with van der Waals surface area (Å²) in [7, 11) is 0. The standard InChI is InChI=1S/C14H11BrO/c1-2-11-3-7-13(8-4-11)16-14-9-5-12(15)6-10-14/h2-10H,1H2. The first-order valence-electron chi connectivity index (χ1n) is 4.94. The van der Waals surface area contributed by atoms with E-state index in [1.165, 1.54) is 0 Å². The van der Waals surface area contributed by atoms with E-state index in [1.807, 2.05) is 54.6 Å². The van der Waals surface area contributed by atoms with Crippen LogP contribution in [-0.4, -0.2) is 0 Å². The number of halogens is 1. The van der Waals surface area contributed by atoms with Crippen molar-refractivity contribution in [2.24, 2.45) is 0 Å². The normalized spacial score (nSPS) is 9.81. The van der Waals surface area contributed by atoms with Gasteiger partial charge < -0.3 is 4.74 Å². The van der Waals surface area contributed by atoms with Crippen molar-refractivity contribution in [2.75, 3.05) is 0 Å². The Morgan fingerprint density at radius 2 is 1.38 bits per heavy atom. The van der Waals surface area contributed by atoms with Crippen LogP contribution in [0.5, 0.6) is 11.5 Å². The molecule has 80 valence electrons. The first-order valence-corrected chi connectivity index (χ1v) is 5.73. The summed E-state index contributed by atoms with van der Waals surface area (Å²) in [5, 5.41) is 0. The lowest BCUT2D eigenvalue weighted by Crippen LogP contribution is -1.83. The van der Waals surface area contributed by atoms with Crippen molar-refractivity contribution in [3.63, 3.8) is 0 Å². The van der Waals surface area contributed by atoms with Gasteiger partial charge in [0.1, 0.15) is 11.5 Å². The molecule has 0 saturated heterocycles. The molecule has 0 aliphatic rings. The van der Waals surface area contributed by atoms with E-state index in [9.17, 15) is 0 Å².